The molecule has 2 N–H and O–H groups in total. The van der Waals surface area contributed by atoms with Crippen molar-refractivity contribution in [1.82, 2.24) is 14.9 Å². The van der Waals surface area contributed by atoms with E-state index < -0.39 is 29.7 Å². The van der Waals surface area contributed by atoms with Gasteiger partial charge in [-0.2, -0.15) is 4.98 Å². The molecule has 2 aromatic carbocycles. The maximum atomic E-state index is 13.9. The summed E-state index contributed by atoms with van der Waals surface area (Å²) in [5.41, 5.74) is 0.397. The zero-order valence-electron chi connectivity index (χ0n) is 19.8. The Balaban J connectivity index is 1.70. The highest BCUT2D eigenvalue weighted by atomic mass is 35.5. The molecule has 13 heteroatoms. The molecule has 1 aromatic heterocycles. The van der Waals surface area contributed by atoms with E-state index in [0.717, 1.165) is 6.07 Å². The smallest absolute Gasteiger partial charge is 0.280 e. The molecule has 4 rings (SSSR count). The van der Waals surface area contributed by atoms with Gasteiger partial charge in [-0.1, -0.05) is 11.6 Å². The van der Waals surface area contributed by atoms with Gasteiger partial charge >= 0.3 is 0 Å². The van der Waals surface area contributed by atoms with Crippen molar-refractivity contribution in [3.05, 3.63) is 74.8 Å². The first-order valence-electron chi connectivity index (χ1n) is 11.0. The first-order chi connectivity index (χ1) is 17.7. The minimum absolute atomic E-state index is 0.0315. The second-order valence-corrected chi connectivity index (χ2v) is 8.47. The van der Waals surface area contributed by atoms with Gasteiger partial charge in [0.25, 0.3) is 11.5 Å². The number of hydrogen-bond acceptors (Lipinski definition) is 7. The van der Waals surface area contributed by atoms with Gasteiger partial charge in [-0.25, -0.2) is 8.78 Å². The number of aliphatic hydroxyl groups excluding tert-OH is 1. The number of nitrogens with one attached hydrogen (secondary N) is 1. The number of benzene rings is 2. The van der Waals surface area contributed by atoms with E-state index in [1.54, 1.807) is 19.2 Å². The summed E-state index contributed by atoms with van der Waals surface area (Å²) in [4.78, 5) is 44.9. The van der Waals surface area contributed by atoms with E-state index in [4.69, 9.17) is 16.3 Å². The van der Waals surface area contributed by atoms with E-state index in [9.17, 15) is 28.3 Å². The van der Waals surface area contributed by atoms with Crippen LogP contribution in [0.25, 0.3) is 5.69 Å². The van der Waals surface area contributed by atoms with Crippen LogP contribution in [0.5, 0.6) is 5.88 Å². The van der Waals surface area contributed by atoms with Crippen molar-refractivity contribution in [2.45, 2.75) is 13.5 Å². The fourth-order valence-corrected chi connectivity index (χ4v) is 4.10. The number of halogens is 3. The molecule has 3 aromatic rings. The summed E-state index contributed by atoms with van der Waals surface area (Å²) in [6, 6.07) is 7.64. The highest BCUT2D eigenvalue weighted by molar-refractivity contribution is 6.31. The van der Waals surface area contributed by atoms with Crippen molar-refractivity contribution < 1.29 is 28.2 Å². The Hall–Kier alpha value is -3.87. The Kier molecular flexibility index (Phi) is 7.52. The molecule has 194 valence electrons. The van der Waals surface area contributed by atoms with E-state index in [2.05, 4.69) is 10.3 Å². The van der Waals surface area contributed by atoms with Crippen molar-refractivity contribution in [2.24, 2.45) is 0 Å². The van der Waals surface area contributed by atoms with Gasteiger partial charge in [0.15, 0.2) is 5.02 Å². The fourth-order valence-electron chi connectivity index (χ4n) is 3.91. The number of carbonyl (C=O) groups excluding carboxylic acids is 2. The SMILES string of the molecule is CNCC(=O)N1CN(C(=O)CO)c2cc(-n3c(C)nc(OCc4ccc(F)cc4F)c(Cl)c3=O)ccc21. The molecule has 0 spiro atoms. The molecular formula is C24H22ClF2N5O5. The van der Waals surface area contributed by atoms with Crippen LogP contribution in [-0.4, -0.2) is 53.3 Å². The van der Waals surface area contributed by atoms with Crippen LogP contribution in [0.1, 0.15) is 11.4 Å². The third-order valence-corrected chi connectivity index (χ3v) is 6.02. The molecule has 37 heavy (non-hydrogen) atoms. The van der Waals surface area contributed by atoms with Crippen molar-refractivity contribution in [3.8, 4) is 11.6 Å². The number of nitrogens with zero attached hydrogens (tertiary/aromatic N) is 4. The molecule has 0 aliphatic carbocycles. The molecule has 0 fully saturated rings. The molecule has 0 atom stereocenters. The van der Waals surface area contributed by atoms with Gasteiger partial charge in [0.2, 0.25) is 11.8 Å². The quantitative estimate of drug-likeness (QED) is 0.476. The number of carbonyl (C=O) groups is 2. The Labute approximate surface area is 214 Å². The van der Waals surface area contributed by atoms with Crippen LogP contribution in [0.15, 0.2) is 41.2 Å². The molecule has 2 amide bonds. The summed E-state index contributed by atoms with van der Waals surface area (Å²) in [6.07, 6.45) is 0. The van der Waals surface area contributed by atoms with E-state index in [0.29, 0.717) is 23.1 Å². The number of aromatic nitrogens is 2. The Morgan fingerprint density at radius 1 is 1.14 bits per heavy atom. The maximum Gasteiger partial charge on any atom is 0.280 e. The lowest BCUT2D eigenvalue weighted by Gasteiger charge is -2.18. The predicted molar refractivity (Wildman–Crippen MR) is 131 cm³/mol. The lowest BCUT2D eigenvalue weighted by atomic mass is 10.2. The number of fused-ring (bicyclic) bond motifs is 1. The Morgan fingerprint density at radius 3 is 2.54 bits per heavy atom. The molecule has 0 saturated heterocycles. The average Bonchev–Trinajstić information content (AvgIpc) is 3.25. The number of anilines is 2. The van der Waals surface area contributed by atoms with Crippen LogP contribution < -0.4 is 25.4 Å². The largest absolute Gasteiger partial charge is 0.471 e. The van der Waals surface area contributed by atoms with Gasteiger partial charge in [-0.15, -0.1) is 0 Å². The van der Waals surface area contributed by atoms with E-state index in [1.165, 1.54) is 33.4 Å². The third-order valence-electron chi connectivity index (χ3n) is 5.69. The van der Waals surface area contributed by atoms with Crippen molar-refractivity contribution in [2.75, 3.05) is 36.7 Å². The number of hydrogen-bond donors (Lipinski definition) is 2. The minimum Gasteiger partial charge on any atom is -0.471 e. The zero-order chi connectivity index (χ0) is 26.9. The molecule has 1 aliphatic rings. The monoisotopic (exact) mass is 533 g/mol. The van der Waals surface area contributed by atoms with Gasteiger partial charge in [0, 0.05) is 11.6 Å². The number of amides is 2. The van der Waals surface area contributed by atoms with Crippen LogP contribution in [-0.2, 0) is 16.2 Å². The highest BCUT2D eigenvalue weighted by Gasteiger charge is 2.33. The van der Waals surface area contributed by atoms with Gasteiger partial charge < -0.3 is 15.2 Å². The summed E-state index contributed by atoms with van der Waals surface area (Å²) in [5, 5.41) is 11.8. The molecule has 0 radical (unpaired) electrons. The summed E-state index contributed by atoms with van der Waals surface area (Å²) in [7, 11) is 1.62. The summed E-state index contributed by atoms with van der Waals surface area (Å²) < 4.78 is 33.7. The van der Waals surface area contributed by atoms with Gasteiger partial charge in [0.05, 0.1) is 23.6 Å². The number of likely N-dealkylation sites (N-methyl/N-ethyl adjacent to an activating group) is 1. The van der Waals surface area contributed by atoms with Gasteiger partial charge in [0.1, 0.15) is 37.3 Å². The summed E-state index contributed by atoms with van der Waals surface area (Å²) in [5.74, 6) is -2.53. The van der Waals surface area contributed by atoms with Gasteiger partial charge in [-0.3, -0.25) is 28.8 Å². The third kappa shape index (κ3) is 5.03. The first-order valence-corrected chi connectivity index (χ1v) is 11.4. The van der Waals surface area contributed by atoms with Crippen LogP contribution in [0.4, 0.5) is 20.2 Å². The lowest BCUT2D eigenvalue weighted by Crippen LogP contribution is -2.42. The molecule has 0 saturated carbocycles. The molecular weight excluding hydrogens is 512 g/mol. The predicted octanol–water partition coefficient (Wildman–Crippen LogP) is 1.90. The fraction of sp³-hybridized carbons (Fsp3) is 0.250. The first kappa shape index (κ1) is 26.2. The number of aliphatic hydroxyl groups is 1. The number of ether oxygens (including phenoxy) is 1. The van der Waals surface area contributed by atoms with E-state index in [1.807, 2.05) is 0 Å². The Morgan fingerprint density at radius 2 is 1.86 bits per heavy atom. The average molecular weight is 534 g/mol. The Bertz CT molecular complexity index is 1450. The van der Waals surface area contributed by atoms with E-state index >= 15 is 0 Å². The van der Waals surface area contributed by atoms with Crippen LogP contribution in [0.2, 0.25) is 5.02 Å². The lowest BCUT2D eigenvalue weighted by molar-refractivity contribution is -0.121. The number of rotatable bonds is 7. The second-order valence-electron chi connectivity index (χ2n) is 8.09. The minimum atomic E-state index is -0.816. The standard InChI is InChI=1S/C24H22ClF2N5O5/c1-13-29-23(37-11-14-3-4-15(26)7-17(14)27)22(25)24(36)32(13)16-5-6-18-19(8-16)31(21(35)10-33)12-30(18)20(34)9-28-2/h3-8,28,33H,9-12H2,1-2H3. The van der Waals surface area contributed by atoms with Crippen molar-refractivity contribution in [1.29, 1.82) is 0 Å². The molecule has 2 heterocycles. The zero-order valence-corrected chi connectivity index (χ0v) is 20.6. The highest BCUT2D eigenvalue weighted by Crippen LogP contribution is 2.38. The molecule has 10 nitrogen and oxygen atoms in total. The second kappa shape index (κ2) is 10.6. The summed E-state index contributed by atoms with van der Waals surface area (Å²) in [6.45, 7) is 0.345. The normalized spacial score (nSPS) is 12.6. The van der Waals surface area contributed by atoms with Crippen LogP contribution >= 0.6 is 11.6 Å². The van der Waals surface area contributed by atoms with E-state index in [-0.39, 0.29) is 48.0 Å². The summed E-state index contributed by atoms with van der Waals surface area (Å²) >= 11 is 6.24. The van der Waals surface area contributed by atoms with Crippen molar-refractivity contribution >= 4 is 34.8 Å². The maximum absolute atomic E-state index is 13.9. The molecule has 1 aliphatic heterocycles. The van der Waals surface area contributed by atoms with Crippen LogP contribution in [0, 0.1) is 18.6 Å². The van der Waals surface area contributed by atoms with Gasteiger partial charge in [-0.05, 0) is 44.3 Å². The molecule has 0 bridgehead atoms. The van der Waals surface area contributed by atoms with Crippen molar-refractivity contribution in [3.63, 3.8) is 0 Å². The topological polar surface area (TPSA) is 117 Å². The van der Waals surface area contributed by atoms with Crippen LogP contribution in [0.3, 0.4) is 0 Å². The number of aryl methyl sites for hydroxylation is 1. The molecule has 0 unspecified atom stereocenters.